The molecular formula is C15H23N5O. The van der Waals surface area contributed by atoms with E-state index in [0.29, 0.717) is 5.88 Å². The largest absolute Gasteiger partial charge is 0.481 e. The minimum absolute atomic E-state index is 0.105. The summed E-state index contributed by atoms with van der Waals surface area (Å²) in [6, 6.07) is 4.15. The number of methoxy groups -OCH3 is 1. The van der Waals surface area contributed by atoms with E-state index in [9.17, 15) is 0 Å². The van der Waals surface area contributed by atoms with Crippen LogP contribution in [-0.2, 0) is 19.4 Å². The van der Waals surface area contributed by atoms with Crippen molar-refractivity contribution in [1.82, 2.24) is 25.1 Å². The molecule has 0 bridgehead atoms. The predicted octanol–water partition coefficient (Wildman–Crippen LogP) is 1.77. The van der Waals surface area contributed by atoms with Crippen molar-refractivity contribution < 1.29 is 4.74 Å². The van der Waals surface area contributed by atoms with Crippen molar-refractivity contribution in [1.29, 1.82) is 0 Å². The summed E-state index contributed by atoms with van der Waals surface area (Å²) in [5.41, 5.74) is 3.26. The zero-order valence-corrected chi connectivity index (χ0v) is 13.1. The number of aromatic nitrogens is 4. The second-order valence-corrected chi connectivity index (χ2v) is 4.83. The average Bonchev–Trinajstić information content (AvgIpc) is 2.94. The van der Waals surface area contributed by atoms with E-state index in [1.54, 1.807) is 7.11 Å². The molecule has 2 heterocycles. The van der Waals surface area contributed by atoms with Crippen molar-refractivity contribution in [2.45, 2.75) is 39.3 Å². The van der Waals surface area contributed by atoms with Crippen molar-refractivity contribution >= 4 is 0 Å². The highest BCUT2D eigenvalue weighted by Gasteiger charge is 2.16. The fourth-order valence-corrected chi connectivity index (χ4v) is 2.35. The number of nitrogens with zero attached hydrogens (tertiary/aromatic N) is 4. The summed E-state index contributed by atoms with van der Waals surface area (Å²) < 4.78 is 7.23. The molecule has 0 saturated heterocycles. The summed E-state index contributed by atoms with van der Waals surface area (Å²) in [5.74, 6) is 0.582. The fraction of sp³-hybridized carbons (Fsp3) is 0.533. The number of hydrogen-bond acceptors (Lipinski definition) is 5. The summed E-state index contributed by atoms with van der Waals surface area (Å²) >= 11 is 0. The molecule has 1 unspecified atom stereocenters. The van der Waals surface area contributed by atoms with Crippen LogP contribution in [0.1, 0.15) is 37.0 Å². The van der Waals surface area contributed by atoms with Crippen LogP contribution in [0.2, 0.25) is 0 Å². The number of likely N-dealkylation sites (N-methyl/N-ethyl adjacent to an activating group) is 1. The molecule has 114 valence electrons. The third kappa shape index (κ3) is 3.58. The summed E-state index contributed by atoms with van der Waals surface area (Å²) in [5, 5.41) is 7.90. The molecule has 0 saturated carbocycles. The van der Waals surface area contributed by atoms with Crippen LogP contribution in [0, 0.1) is 0 Å². The minimum atomic E-state index is 0.105. The maximum atomic E-state index is 5.17. The Bertz CT molecular complexity index is 581. The first-order chi connectivity index (χ1) is 10.2. The lowest BCUT2D eigenvalue weighted by atomic mass is 10.1. The van der Waals surface area contributed by atoms with E-state index in [1.807, 2.05) is 13.1 Å². The van der Waals surface area contributed by atoms with Gasteiger partial charge in [0.1, 0.15) is 6.33 Å². The van der Waals surface area contributed by atoms with Crippen LogP contribution in [0.4, 0.5) is 0 Å². The highest BCUT2D eigenvalue weighted by atomic mass is 16.5. The van der Waals surface area contributed by atoms with E-state index in [0.717, 1.165) is 30.8 Å². The van der Waals surface area contributed by atoms with Gasteiger partial charge in [-0.05, 0) is 26.5 Å². The molecule has 2 aromatic rings. The molecule has 0 aromatic carbocycles. The lowest BCUT2D eigenvalue weighted by molar-refractivity contribution is 0.394. The van der Waals surface area contributed by atoms with Crippen LogP contribution >= 0.6 is 0 Å². The number of aryl methyl sites for hydroxylation is 2. The molecule has 1 N–H and O–H groups in total. The van der Waals surface area contributed by atoms with E-state index in [-0.39, 0.29) is 6.04 Å². The normalized spacial score (nSPS) is 12.4. The monoisotopic (exact) mass is 289 g/mol. The molecule has 2 aromatic heterocycles. The van der Waals surface area contributed by atoms with Crippen molar-refractivity contribution in [3.8, 4) is 5.88 Å². The Morgan fingerprint density at radius 1 is 1.29 bits per heavy atom. The SMILES string of the molecule is CCc1cc(CC(NC)c2cc(OC)ncn2)n(CC)n1. The van der Waals surface area contributed by atoms with Crippen molar-refractivity contribution in [2.75, 3.05) is 14.2 Å². The maximum Gasteiger partial charge on any atom is 0.216 e. The lowest BCUT2D eigenvalue weighted by Crippen LogP contribution is -2.21. The summed E-state index contributed by atoms with van der Waals surface area (Å²) in [4.78, 5) is 8.41. The first-order valence-corrected chi connectivity index (χ1v) is 7.30. The summed E-state index contributed by atoms with van der Waals surface area (Å²) in [6.07, 6.45) is 3.32. The molecule has 0 radical (unpaired) electrons. The third-order valence-corrected chi connectivity index (χ3v) is 3.57. The number of rotatable bonds is 7. The molecule has 0 fully saturated rings. The third-order valence-electron chi connectivity index (χ3n) is 3.57. The molecule has 6 nitrogen and oxygen atoms in total. The number of hydrogen-bond donors (Lipinski definition) is 1. The Morgan fingerprint density at radius 3 is 2.71 bits per heavy atom. The molecule has 21 heavy (non-hydrogen) atoms. The standard InChI is InChI=1S/C15H23N5O/c1-5-11-7-12(20(6-2)19-11)8-13(16-3)14-9-15(21-4)18-10-17-14/h7,9-10,13,16H,5-6,8H2,1-4H3. The van der Waals surface area contributed by atoms with Crippen LogP contribution < -0.4 is 10.1 Å². The molecule has 0 spiro atoms. The zero-order chi connectivity index (χ0) is 15.2. The van der Waals surface area contributed by atoms with Gasteiger partial charge in [0.25, 0.3) is 0 Å². The van der Waals surface area contributed by atoms with Crippen LogP contribution in [0.25, 0.3) is 0 Å². The molecule has 6 heteroatoms. The maximum absolute atomic E-state index is 5.17. The Morgan fingerprint density at radius 2 is 2.10 bits per heavy atom. The van der Waals surface area contributed by atoms with E-state index in [1.165, 1.54) is 12.0 Å². The molecular weight excluding hydrogens is 266 g/mol. The molecule has 0 aliphatic heterocycles. The average molecular weight is 289 g/mol. The van der Waals surface area contributed by atoms with Gasteiger partial charge in [-0.1, -0.05) is 6.92 Å². The first kappa shape index (κ1) is 15.4. The van der Waals surface area contributed by atoms with Crippen LogP contribution in [0.15, 0.2) is 18.5 Å². The quantitative estimate of drug-likeness (QED) is 0.841. The molecule has 0 aliphatic rings. The van der Waals surface area contributed by atoms with E-state index in [2.05, 4.69) is 45.0 Å². The van der Waals surface area contributed by atoms with Crippen LogP contribution in [-0.4, -0.2) is 33.9 Å². The van der Waals surface area contributed by atoms with Gasteiger partial charge in [0.05, 0.1) is 24.5 Å². The van der Waals surface area contributed by atoms with Gasteiger partial charge >= 0.3 is 0 Å². The first-order valence-electron chi connectivity index (χ1n) is 7.30. The van der Waals surface area contributed by atoms with Gasteiger partial charge in [-0.15, -0.1) is 0 Å². The fourth-order valence-electron chi connectivity index (χ4n) is 2.35. The topological polar surface area (TPSA) is 64.9 Å². The van der Waals surface area contributed by atoms with E-state index >= 15 is 0 Å². The Hall–Kier alpha value is -1.95. The molecule has 2 rings (SSSR count). The highest BCUT2D eigenvalue weighted by molar-refractivity contribution is 5.20. The van der Waals surface area contributed by atoms with Gasteiger partial charge in [0, 0.05) is 24.7 Å². The van der Waals surface area contributed by atoms with E-state index < -0.39 is 0 Å². The van der Waals surface area contributed by atoms with Gasteiger partial charge in [0.15, 0.2) is 0 Å². The van der Waals surface area contributed by atoms with Gasteiger partial charge in [-0.25, -0.2) is 9.97 Å². The second kappa shape index (κ2) is 7.17. The van der Waals surface area contributed by atoms with Crippen molar-refractivity contribution in [3.63, 3.8) is 0 Å². The zero-order valence-electron chi connectivity index (χ0n) is 13.1. The van der Waals surface area contributed by atoms with Crippen molar-refractivity contribution in [2.24, 2.45) is 0 Å². The van der Waals surface area contributed by atoms with Gasteiger partial charge in [-0.2, -0.15) is 5.10 Å². The molecule has 0 aliphatic carbocycles. The van der Waals surface area contributed by atoms with Gasteiger partial charge in [-0.3, -0.25) is 4.68 Å². The number of nitrogens with one attached hydrogen (secondary N) is 1. The van der Waals surface area contributed by atoms with Crippen LogP contribution in [0.5, 0.6) is 5.88 Å². The smallest absolute Gasteiger partial charge is 0.216 e. The number of ether oxygens (including phenoxy) is 1. The van der Waals surface area contributed by atoms with E-state index in [4.69, 9.17) is 4.74 Å². The molecule has 1 atom stereocenters. The Balaban J connectivity index is 2.24. The van der Waals surface area contributed by atoms with Crippen molar-refractivity contribution in [3.05, 3.63) is 35.5 Å². The predicted molar refractivity (Wildman–Crippen MR) is 81.4 cm³/mol. The molecule has 0 amide bonds. The minimum Gasteiger partial charge on any atom is -0.481 e. The Labute approximate surface area is 125 Å². The summed E-state index contributed by atoms with van der Waals surface area (Å²) in [7, 11) is 3.55. The summed E-state index contributed by atoms with van der Waals surface area (Å²) in [6.45, 7) is 5.11. The van der Waals surface area contributed by atoms with Gasteiger partial charge in [0.2, 0.25) is 5.88 Å². The lowest BCUT2D eigenvalue weighted by Gasteiger charge is -2.16. The Kier molecular flexibility index (Phi) is 5.27. The van der Waals surface area contributed by atoms with Crippen LogP contribution in [0.3, 0.4) is 0 Å². The highest BCUT2D eigenvalue weighted by Crippen LogP contribution is 2.19. The second-order valence-electron chi connectivity index (χ2n) is 4.83. The van der Waals surface area contributed by atoms with Gasteiger partial charge < -0.3 is 10.1 Å².